The topological polar surface area (TPSA) is 37.3 Å². The van der Waals surface area contributed by atoms with E-state index >= 15 is 0 Å². The number of carboxylic acids is 1. The molecule has 0 atom stereocenters. The number of aromatic carboxylic acids is 1. The van der Waals surface area contributed by atoms with Crippen LogP contribution >= 0.6 is 39.3 Å². The molecule has 2 nitrogen and oxygen atoms in total. The largest absolute Gasteiger partial charge is 0.478 e. The summed E-state index contributed by atoms with van der Waals surface area (Å²) in [6.45, 7) is 0. The SMILES string of the molecule is O=C(O)c1cc(SCc2ccccc2Cl)ccc1Br. The number of thioether (sulfide) groups is 1. The molecule has 0 saturated carbocycles. The van der Waals surface area contributed by atoms with E-state index in [1.807, 2.05) is 30.3 Å². The highest BCUT2D eigenvalue weighted by Gasteiger charge is 2.09. The molecule has 0 aliphatic carbocycles. The first-order valence-corrected chi connectivity index (χ1v) is 7.62. The lowest BCUT2D eigenvalue weighted by molar-refractivity contribution is 0.0695. The van der Waals surface area contributed by atoms with Gasteiger partial charge in [0.1, 0.15) is 0 Å². The first kappa shape index (κ1) is 14.4. The van der Waals surface area contributed by atoms with E-state index < -0.39 is 5.97 Å². The van der Waals surface area contributed by atoms with Gasteiger partial charge in [-0.05, 0) is 45.8 Å². The third-order valence-corrected chi connectivity index (χ3v) is 4.62. The number of halogens is 2. The second-order valence-corrected chi connectivity index (χ2v) is 6.14. The smallest absolute Gasteiger partial charge is 0.336 e. The molecule has 0 aliphatic rings. The summed E-state index contributed by atoms with van der Waals surface area (Å²) in [7, 11) is 0. The van der Waals surface area contributed by atoms with Crippen LogP contribution in [-0.4, -0.2) is 11.1 Å². The van der Waals surface area contributed by atoms with Crippen molar-refractivity contribution in [2.24, 2.45) is 0 Å². The standard InChI is InChI=1S/C14H10BrClO2S/c15-12-6-5-10(7-11(12)14(17)18)19-8-9-3-1-2-4-13(9)16/h1-7H,8H2,(H,17,18). The fourth-order valence-corrected chi connectivity index (χ4v) is 3.17. The highest BCUT2D eigenvalue weighted by Crippen LogP contribution is 2.29. The molecular weight excluding hydrogens is 348 g/mol. The number of carbonyl (C=O) groups is 1. The molecule has 0 saturated heterocycles. The number of hydrogen-bond acceptors (Lipinski definition) is 2. The molecule has 1 N–H and O–H groups in total. The minimum atomic E-state index is -0.938. The molecule has 0 amide bonds. The van der Waals surface area contributed by atoms with Gasteiger partial charge in [-0.2, -0.15) is 0 Å². The van der Waals surface area contributed by atoms with Crippen molar-refractivity contribution < 1.29 is 9.90 Å². The first-order valence-electron chi connectivity index (χ1n) is 5.47. The Labute approximate surface area is 128 Å². The van der Waals surface area contributed by atoms with E-state index in [2.05, 4.69) is 15.9 Å². The third kappa shape index (κ3) is 3.75. The van der Waals surface area contributed by atoms with Gasteiger partial charge in [0.25, 0.3) is 0 Å². The fraction of sp³-hybridized carbons (Fsp3) is 0.0714. The Balaban J connectivity index is 2.14. The predicted octanol–water partition coefficient (Wildman–Crippen LogP) is 5.09. The zero-order valence-corrected chi connectivity index (χ0v) is 12.9. The minimum Gasteiger partial charge on any atom is -0.478 e. The van der Waals surface area contributed by atoms with Crippen molar-refractivity contribution in [3.8, 4) is 0 Å². The van der Waals surface area contributed by atoms with Crippen LogP contribution in [0.3, 0.4) is 0 Å². The average Bonchev–Trinajstić information content (AvgIpc) is 2.39. The molecule has 0 heterocycles. The summed E-state index contributed by atoms with van der Waals surface area (Å²) in [5, 5.41) is 9.79. The lowest BCUT2D eigenvalue weighted by Crippen LogP contribution is -1.97. The van der Waals surface area contributed by atoms with Gasteiger partial charge in [0.2, 0.25) is 0 Å². The normalized spacial score (nSPS) is 10.4. The summed E-state index contributed by atoms with van der Waals surface area (Å²) in [5.41, 5.74) is 1.30. The van der Waals surface area contributed by atoms with Crippen molar-refractivity contribution in [3.05, 3.63) is 63.1 Å². The molecule has 5 heteroatoms. The third-order valence-electron chi connectivity index (χ3n) is 2.52. The number of benzene rings is 2. The molecule has 0 aromatic heterocycles. The lowest BCUT2D eigenvalue weighted by Gasteiger charge is -2.06. The number of hydrogen-bond donors (Lipinski definition) is 1. The van der Waals surface area contributed by atoms with Gasteiger partial charge in [0.15, 0.2) is 0 Å². The molecule has 19 heavy (non-hydrogen) atoms. The van der Waals surface area contributed by atoms with Crippen molar-refractivity contribution in [2.45, 2.75) is 10.6 Å². The minimum absolute atomic E-state index is 0.268. The Morgan fingerprint density at radius 2 is 2.00 bits per heavy atom. The van der Waals surface area contributed by atoms with Crippen LogP contribution in [0.15, 0.2) is 51.8 Å². The first-order chi connectivity index (χ1) is 9.08. The molecule has 2 aromatic carbocycles. The number of rotatable bonds is 4. The molecule has 2 aromatic rings. The fourth-order valence-electron chi connectivity index (χ4n) is 1.53. The molecule has 0 aliphatic heterocycles. The Morgan fingerprint density at radius 3 is 2.68 bits per heavy atom. The maximum Gasteiger partial charge on any atom is 0.336 e. The van der Waals surface area contributed by atoms with E-state index in [1.165, 1.54) is 0 Å². The van der Waals surface area contributed by atoms with Gasteiger partial charge in [-0.25, -0.2) is 4.79 Å². The van der Waals surface area contributed by atoms with Crippen LogP contribution in [0.1, 0.15) is 15.9 Å². The van der Waals surface area contributed by atoms with Crippen molar-refractivity contribution in [3.63, 3.8) is 0 Å². The van der Waals surface area contributed by atoms with Gasteiger partial charge < -0.3 is 5.11 Å². The maximum absolute atomic E-state index is 11.0. The van der Waals surface area contributed by atoms with Crippen molar-refractivity contribution in [2.75, 3.05) is 0 Å². The van der Waals surface area contributed by atoms with Gasteiger partial charge in [-0.15, -0.1) is 11.8 Å². The van der Waals surface area contributed by atoms with Gasteiger partial charge >= 0.3 is 5.97 Å². The van der Waals surface area contributed by atoms with E-state index in [9.17, 15) is 4.79 Å². The predicted molar refractivity (Wildman–Crippen MR) is 82.1 cm³/mol. The van der Waals surface area contributed by atoms with E-state index in [0.29, 0.717) is 10.2 Å². The molecule has 2 rings (SSSR count). The van der Waals surface area contributed by atoms with Gasteiger partial charge in [0.05, 0.1) is 5.56 Å². The van der Waals surface area contributed by atoms with E-state index in [-0.39, 0.29) is 5.56 Å². The van der Waals surface area contributed by atoms with Crippen LogP contribution in [0, 0.1) is 0 Å². The van der Waals surface area contributed by atoms with Crippen LogP contribution in [0.25, 0.3) is 0 Å². The van der Waals surface area contributed by atoms with Crippen LogP contribution in [0.4, 0.5) is 0 Å². The summed E-state index contributed by atoms with van der Waals surface area (Å²) in [6.07, 6.45) is 0. The zero-order valence-electron chi connectivity index (χ0n) is 9.77. The Kier molecular flexibility index (Phi) is 4.91. The molecule has 98 valence electrons. The van der Waals surface area contributed by atoms with Crippen LogP contribution in [0.5, 0.6) is 0 Å². The van der Waals surface area contributed by atoms with Crippen molar-refractivity contribution >= 4 is 45.3 Å². The van der Waals surface area contributed by atoms with Gasteiger partial charge in [-0.1, -0.05) is 29.8 Å². The summed E-state index contributed by atoms with van der Waals surface area (Å²) >= 11 is 10.9. The van der Waals surface area contributed by atoms with Crippen LogP contribution in [-0.2, 0) is 5.75 Å². The zero-order chi connectivity index (χ0) is 13.8. The van der Waals surface area contributed by atoms with Crippen LogP contribution < -0.4 is 0 Å². The van der Waals surface area contributed by atoms with E-state index in [1.54, 1.807) is 23.9 Å². The maximum atomic E-state index is 11.0. The Morgan fingerprint density at radius 1 is 1.26 bits per heavy atom. The summed E-state index contributed by atoms with van der Waals surface area (Å²) < 4.78 is 0.585. The molecule has 0 bridgehead atoms. The summed E-state index contributed by atoms with van der Waals surface area (Å²) in [4.78, 5) is 11.9. The Bertz CT molecular complexity index is 616. The van der Waals surface area contributed by atoms with Crippen LogP contribution in [0.2, 0.25) is 5.02 Å². The lowest BCUT2D eigenvalue weighted by atomic mass is 10.2. The van der Waals surface area contributed by atoms with E-state index in [4.69, 9.17) is 16.7 Å². The molecular formula is C14H10BrClO2S. The van der Waals surface area contributed by atoms with Gasteiger partial charge in [0, 0.05) is 20.1 Å². The van der Waals surface area contributed by atoms with Crippen molar-refractivity contribution in [1.29, 1.82) is 0 Å². The monoisotopic (exact) mass is 356 g/mol. The van der Waals surface area contributed by atoms with E-state index in [0.717, 1.165) is 15.5 Å². The summed E-state index contributed by atoms with van der Waals surface area (Å²) in [5.74, 6) is -0.229. The van der Waals surface area contributed by atoms with Gasteiger partial charge in [-0.3, -0.25) is 0 Å². The molecule has 0 radical (unpaired) electrons. The summed E-state index contributed by atoms with van der Waals surface area (Å²) in [6, 6.07) is 12.9. The second kappa shape index (κ2) is 6.46. The quantitative estimate of drug-likeness (QED) is 0.774. The molecule has 0 spiro atoms. The molecule has 0 fully saturated rings. The highest BCUT2D eigenvalue weighted by molar-refractivity contribution is 9.10. The highest BCUT2D eigenvalue weighted by atomic mass is 79.9. The Hall–Kier alpha value is -0.970. The van der Waals surface area contributed by atoms with Crippen molar-refractivity contribution in [1.82, 2.24) is 0 Å². The second-order valence-electron chi connectivity index (χ2n) is 3.83. The molecule has 0 unspecified atom stereocenters. The number of carboxylic acid groups (broad SMARTS) is 1. The average molecular weight is 358 g/mol.